The molecule has 0 N–H and O–H groups in total. The number of aromatic nitrogens is 1. The Kier molecular flexibility index (Phi) is 4.63. The number of pyridine rings is 1. The molecule has 0 aromatic carbocycles. The largest absolute Gasteiger partial charge is 0.475 e. The highest BCUT2D eigenvalue weighted by molar-refractivity contribution is 6.17. The summed E-state index contributed by atoms with van der Waals surface area (Å²) in [7, 11) is 0. The van der Waals surface area contributed by atoms with E-state index in [1.807, 2.05) is 12.1 Å². The third kappa shape index (κ3) is 3.58. The van der Waals surface area contributed by atoms with Crippen molar-refractivity contribution in [2.45, 2.75) is 38.2 Å². The van der Waals surface area contributed by atoms with Gasteiger partial charge in [-0.1, -0.05) is 6.92 Å². The van der Waals surface area contributed by atoms with Crippen LogP contribution < -0.4 is 4.74 Å². The molecule has 0 aliphatic carbocycles. The SMILES string of the molecule is CCc1cc(CCl)cc(OCC2CCCO2)n1. The monoisotopic (exact) mass is 255 g/mol. The summed E-state index contributed by atoms with van der Waals surface area (Å²) in [6.07, 6.45) is 3.32. The van der Waals surface area contributed by atoms with Gasteiger partial charge in [0.25, 0.3) is 0 Å². The van der Waals surface area contributed by atoms with E-state index in [0.29, 0.717) is 18.4 Å². The van der Waals surface area contributed by atoms with Crippen molar-refractivity contribution in [1.29, 1.82) is 0 Å². The number of ether oxygens (including phenoxy) is 2. The Hall–Kier alpha value is -0.800. The highest BCUT2D eigenvalue weighted by atomic mass is 35.5. The molecule has 17 heavy (non-hydrogen) atoms. The van der Waals surface area contributed by atoms with Crippen LogP contribution in [0.15, 0.2) is 12.1 Å². The Morgan fingerprint density at radius 3 is 3.06 bits per heavy atom. The van der Waals surface area contributed by atoms with Crippen molar-refractivity contribution in [2.75, 3.05) is 13.2 Å². The molecule has 2 rings (SSSR count). The van der Waals surface area contributed by atoms with Crippen molar-refractivity contribution in [3.8, 4) is 5.88 Å². The summed E-state index contributed by atoms with van der Waals surface area (Å²) < 4.78 is 11.2. The van der Waals surface area contributed by atoms with Gasteiger partial charge in [0.2, 0.25) is 5.88 Å². The summed E-state index contributed by atoms with van der Waals surface area (Å²) in [4.78, 5) is 4.42. The molecule has 2 heterocycles. The molecule has 0 bridgehead atoms. The summed E-state index contributed by atoms with van der Waals surface area (Å²) in [6.45, 7) is 3.51. The second-order valence-electron chi connectivity index (χ2n) is 4.24. The molecule has 94 valence electrons. The zero-order valence-corrected chi connectivity index (χ0v) is 10.9. The number of rotatable bonds is 5. The Bertz CT molecular complexity index is 342. The van der Waals surface area contributed by atoms with Gasteiger partial charge in [-0.2, -0.15) is 0 Å². The quantitative estimate of drug-likeness (QED) is 0.758. The second kappa shape index (κ2) is 6.22. The summed E-state index contributed by atoms with van der Waals surface area (Å²) >= 11 is 5.85. The first-order valence-electron chi connectivity index (χ1n) is 6.12. The van der Waals surface area contributed by atoms with Crippen LogP contribution in [0.1, 0.15) is 31.0 Å². The van der Waals surface area contributed by atoms with Crippen LogP contribution in [0.25, 0.3) is 0 Å². The molecule has 1 atom stereocenters. The van der Waals surface area contributed by atoms with Crippen LogP contribution in [0.2, 0.25) is 0 Å². The molecule has 0 amide bonds. The average Bonchev–Trinajstić information content (AvgIpc) is 2.89. The number of hydrogen-bond acceptors (Lipinski definition) is 3. The van der Waals surface area contributed by atoms with Gasteiger partial charge in [-0.25, -0.2) is 4.98 Å². The van der Waals surface area contributed by atoms with E-state index in [2.05, 4.69) is 11.9 Å². The average molecular weight is 256 g/mol. The summed E-state index contributed by atoms with van der Waals surface area (Å²) in [5.74, 6) is 1.15. The summed E-state index contributed by atoms with van der Waals surface area (Å²) in [6, 6.07) is 3.92. The lowest BCUT2D eigenvalue weighted by atomic mass is 10.2. The molecule has 0 spiro atoms. The van der Waals surface area contributed by atoms with Crippen LogP contribution in [0.3, 0.4) is 0 Å². The molecule has 0 saturated carbocycles. The number of halogens is 1. The van der Waals surface area contributed by atoms with Crippen molar-refractivity contribution >= 4 is 11.6 Å². The number of aryl methyl sites for hydroxylation is 1. The van der Waals surface area contributed by atoms with Gasteiger partial charge in [0.05, 0.1) is 6.10 Å². The van der Waals surface area contributed by atoms with E-state index < -0.39 is 0 Å². The van der Waals surface area contributed by atoms with Crippen molar-refractivity contribution in [3.63, 3.8) is 0 Å². The molecule has 4 heteroatoms. The van der Waals surface area contributed by atoms with Crippen LogP contribution in [-0.2, 0) is 17.0 Å². The predicted octanol–water partition coefficient (Wildman–Crippen LogP) is 2.94. The summed E-state index contributed by atoms with van der Waals surface area (Å²) in [5, 5.41) is 0. The highest BCUT2D eigenvalue weighted by Crippen LogP contribution is 2.17. The highest BCUT2D eigenvalue weighted by Gasteiger charge is 2.16. The lowest BCUT2D eigenvalue weighted by Gasteiger charge is -2.12. The van der Waals surface area contributed by atoms with E-state index >= 15 is 0 Å². The van der Waals surface area contributed by atoms with Gasteiger partial charge in [0, 0.05) is 24.2 Å². The Labute approximate surface area is 107 Å². The lowest BCUT2D eigenvalue weighted by Crippen LogP contribution is -2.17. The van der Waals surface area contributed by atoms with Crippen molar-refractivity contribution in [3.05, 3.63) is 23.4 Å². The predicted molar refractivity (Wildman–Crippen MR) is 67.6 cm³/mol. The van der Waals surface area contributed by atoms with E-state index in [4.69, 9.17) is 21.1 Å². The van der Waals surface area contributed by atoms with Gasteiger partial charge in [-0.15, -0.1) is 11.6 Å². The Morgan fingerprint density at radius 1 is 1.53 bits per heavy atom. The molecule has 1 aromatic heterocycles. The van der Waals surface area contributed by atoms with E-state index in [-0.39, 0.29) is 6.10 Å². The number of nitrogens with zero attached hydrogens (tertiary/aromatic N) is 1. The zero-order valence-electron chi connectivity index (χ0n) is 10.1. The third-order valence-corrected chi connectivity index (χ3v) is 3.18. The maximum Gasteiger partial charge on any atom is 0.213 e. The number of hydrogen-bond donors (Lipinski definition) is 0. The van der Waals surface area contributed by atoms with Gasteiger partial charge in [-0.3, -0.25) is 0 Å². The fourth-order valence-electron chi connectivity index (χ4n) is 1.91. The number of alkyl halides is 1. The van der Waals surface area contributed by atoms with Crippen LogP contribution in [0, 0.1) is 0 Å². The van der Waals surface area contributed by atoms with Crippen molar-refractivity contribution in [2.24, 2.45) is 0 Å². The van der Waals surface area contributed by atoms with Crippen LogP contribution in [0.5, 0.6) is 5.88 Å². The zero-order chi connectivity index (χ0) is 12.1. The van der Waals surface area contributed by atoms with Crippen LogP contribution >= 0.6 is 11.6 Å². The minimum atomic E-state index is 0.224. The first-order chi connectivity index (χ1) is 8.31. The molecule has 1 unspecified atom stereocenters. The molecular weight excluding hydrogens is 238 g/mol. The minimum Gasteiger partial charge on any atom is -0.475 e. The van der Waals surface area contributed by atoms with E-state index in [1.54, 1.807) is 0 Å². The van der Waals surface area contributed by atoms with Gasteiger partial charge in [-0.05, 0) is 30.9 Å². The summed E-state index contributed by atoms with van der Waals surface area (Å²) in [5.41, 5.74) is 2.08. The van der Waals surface area contributed by atoms with E-state index in [0.717, 1.165) is 37.1 Å². The van der Waals surface area contributed by atoms with Gasteiger partial charge < -0.3 is 9.47 Å². The molecule has 1 aliphatic rings. The minimum absolute atomic E-state index is 0.224. The van der Waals surface area contributed by atoms with E-state index in [9.17, 15) is 0 Å². The molecule has 1 aliphatic heterocycles. The van der Waals surface area contributed by atoms with Crippen molar-refractivity contribution < 1.29 is 9.47 Å². The Balaban J connectivity index is 1.98. The molecular formula is C13H18ClNO2. The van der Waals surface area contributed by atoms with Gasteiger partial charge in [0.15, 0.2) is 0 Å². The van der Waals surface area contributed by atoms with E-state index in [1.165, 1.54) is 0 Å². The Morgan fingerprint density at radius 2 is 2.41 bits per heavy atom. The maximum atomic E-state index is 5.85. The van der Waals surface area contributed by atoms with Crippen LogP contribution in [-0.4, -0.2) is 24.3 Å². The van der Waals surface area contributed by atoms with Crippen molar-refractivity contribution in [1.82, 2.24) is 4.98 Å². The lowest BCUT2D eigenvalue weighted by molar-refractivity contribution is 0.0662. The molecule has 1 fully saturated rings. The van der Waals surface area contributed by atoms with Gasteiger partial charge >= 0.3 is 0 Å². The molecule has 0 radical (unpaired) electrons. The smallest absolute Gasteiger partial charge is 0.213 e. The van der Waals surface area contributed by atoms with Crippen LogP contribution in [0.4, 0.5) is 0 Å². The normalized spacial score (nSPS) is 19.5. The molecule has 3 nitrogen and oxygen atoms in total. The second-order valence-corrected chi connectivity index (χ2v) is 4.51. The fourth-order valence-corrected chi connectivity index (χ4v) is 2.06. The standard InChI is InChI=1S/C13H18ClNO2/c1-2-11-6-10(8-14)7-13(15-11)17-9-12-4-3-5-16-12/h6-7,12H,2-5,8-9H2,1H3. The topological polar surface area (TPSA) is 31.4 Å². The molecule has 1 aromatic rings. The first kappa shape index (κ1) is 12.7. The maximum absolute atomic E-state index is 5.85. The fraction of sp³-hybridized carbons (Fsp3) is 0.615. The molecule has 1 saturated heterocycles. The third-order valence-electron chi connectivity index (χ3n) is 2.87. The first-order valence-corrected chi connectivity index (χ1v) is 6.65. The van der Waals surface area contributed by atoms with Gasteiger partial charge in [0.1, 0.15) is 6.61 Å².